The molecule has 3 rings (SSSR count). The largest absolute Gasteiger partial charge is 0.358 e. The number of nitrogens with zero attached hydrogens (tertiary/aromatic N) is 2. The summed E-state index contributed by atoms with van der Waals surface area (Å²) in [6.45, 7) is 4.45. The Balaban J connectivity index is 1.84. The molecule has 0 spiro atoms. The van der Waals surface area contributed by atoms with Crippen molar-refractivity contribution in [1.82, 2.24) is 0 Å². The number of primary sulfonamides is 1. The van der Waals surface area contributed by atoms with Gasteiger partial charge in [0.25, 0.3) is 0 Å². The molecule has 1 amide bonds. The Morgan fingerprint density at radius 1 is 1.06 bits per heavy atom. The van der Waals surface area contributed by atoms with Crippen LogP contribution in [0.1, 0.15) is 36.5 Å². The molecule has 0 radical (unpaired) electrons. The zero-order chi connectivity index (χ0) is 24.0. The monoisotopic (exact) mass is 462 g/mol. The van der Waals surface area contributed by atoms with Crippen molar-refractivity contribution >= 4 is 27.3 Å². The van der Waals surface area contributed by atoms with Crippen LogP contribution in [0.15, 0.2) is 77.7 Å². The van der Waals surface area contributed by atoms with Gasteiger partial charge in [-0.25, -0.2) is 13.6 Å². The summed E-state index contributed by atoms with van der Waals surface area (Å²) in [6, 6.07) is 23.0. The van der Waals surface area contributed by atoms with Gasteiger partial charge in [-0.3, -0.25) is 4.79 Å². The van der Waals surface area contributed by atoms with E-state index in [4.69, 9.17) is 5.14 Å². The average molecular weight is 463 g/mol. The highest BCUT2D eigenvalue weighted by molar-refractivity contribution is 7.89. The lowest BCUT2D eigenvalue weighted by Crippen LogP contribution is -2.33. The smallest absolute Gasteiger partial charge is 0.243 e. The van der Waals surface area contributed by atoms with Gasteiger partial charge in [-0.15, -0.1) is 0 Å². The molecule has 0 aliphatic heterocycles. The fourth-order valence-electron chi connectivity index (χ4n) is 3.38. The van der Waals surface area contributed by atoms with Crippen LogP contribution in [0.2, 0.25) is 0 Å². The average Bonchev–Trinajstić information content (AvgIpc) is 2.78. The molecule has 3 N–H and O–H groups in total. The zero-order valence-corrected chi connectivity index (χ0v) is 19.3. The van der Waals surface area contributed by atoms with Gasteiger partial charge < -0.3 is 10.2 Å². The molecule has 8 heteroatoms. The Morgan fingerprint density at radius 3 is 2.39 bits per heavy atom. The van der Waals surface area contributed by atoms with E-state index in [1.165, 1.54) is 17.7 Å². The topological polar surface area (TPSA) is 116 Å². The number of nitriles is 1. The molecule has 0 bridgehead atoms. The van der Waals surface area contributed by atoms with E-state index in [0.29, 0.717) is 28.4 Å². The summed E-state index contributed by atoms with van der Waals surface area (Å²) in [5.74, 6) is 0.156. The number of hydrogen-bond donors (Lipinski definition) is 2. The number of amides is 1. The number of nitrogens with one attached hydrogen (secondary N) is 1. The number of rotatable bonds is 8. The molecule has 7 nitrogen and oxygen atoms in total. The minimum Gasteiger partial charge on any atom is -0.358 e. The molecule has 0 heterocycles. The number of nitrogens with two attached hydrogens (primary N) is 1. The highest BCUT2D eigenvalue weighted by Crippen LogP contribution is 2.21. The molecule has 0 fully saturated rings. The Bertz CT molecular complexity index is 1280. The summed E-state index contributed by atoms with van der Waals surface area (Å²) in [4.78, 5) is 14.6. The van der Waals surface area contributed by atoms with Crippen molar-refractivity contribution < 1.29 is 13.2 Å². The molecule has 0 saturated carbocycles. The predicted octanol–water partition coefficient (Wildman–Crippen LogP) is 3.97. The number of hydrogen-bond acceptors (Lipinski definition) is 5. The van der Waals surface area contributed by atoms with Gasteiger partial charge >= 0.3 is 0 Å². The first-order valence-corrected chi connectivity index (χ1v) is 12.0. The second kappa shape index (κ2) is 10.3. The molecule has 0 aromatic heterocycles. The molecule has 3 aromatic rings. The van der Waals surface area contributed by atoms with Crippen molar-refractivity contribution in [3.8, 4) is 6.07 Å². The number of benzene rings is 3. The quantitative estimate of drug-likeness (QED) is 0.525. The van der Waals surface area contributed by atoms with E-state index in [-0.39, 0.29) is 23.9 Å². The van der Waals surface area contributed by atoms with Gasteiger partial charge in [0, 0.05) is 17.9 Å². The summed E-state index contributed by atoms with van der Waals surface area (Å²) in [7, 11) is -3.85. The van der Waals surface area contributed by atoms with Crippen molar-refractivity contribution in [3.63, 3.8) is 0 Å². The van der Waals surface area contributed by atoms with Crippen LogP contribution in [0.5, 0.6) is 0 Å². The van der Waals surface area contributed by atoms with Gasteiger partial charge in [-0.2, -0.15) is 5.26 Å². The van der Waals surface area contributed by atoms with Crippen LogP contribution >= 0.6 is 0 Å². The van der Waals surface area contributed by atoms with Gasteiger partial charge in [0.1, 0.15) is 0 Å². The maximum absolute atomic E-state index is 12.9. The zero-order valence-electron chi connectivity index (χ0n) is 18.5. The van der Waals surface area contributed by atoms with Crippen molar-refractivity contribution in [1.29, 1.82) is 5.26 Å². The van der Waals surface area contributed by atoms with Gasteiger partial charge in [0.2, 0.25) is 15.9 Å². The van der Waals surface area contributed by atoms with Crippen molar-refractivity contribution in [3.05, 3.63) is 89.5 Å². The fourth-order valence-corrected chi connectivity index (χ4v) is 3.96. The highest BCUT2D eigenvalue weighted by atomic mass is 32.2. The molecule has 33 heavy (non-hydrogen) atoms. The molecule has 0 atom stereocenters. The molecule has 0 aliphatic rings. The van der Waals surface area contributed by atoms with E-state index in [1.54, 1.807) is 41.3 Å². The van der Waals surface area contributed by atoms with Crippen molar-refractivity contribution in [2.75, 3.05) is 16.8 Å². The summed E-state index contributed by atoms with van der Waals surface area (Å²) in [5, 5.41) is 17.4. The summed E-state index contributed by atoms with van der Waals surface area (Å²) >= 11 is 0. The third-order valence-corrected chi connectivity index (χ3v) is 6.05. The Labute approximate surface area is 194 Å². The van der Waals surface area contributed by atoms with Crippen LogP contribution in [-0.2, 0) is 21.4 Å². The first kappa shape index (κ1) is 24.0. The lowest BCUT2D eigenvalue weighted by molar-refractivity contribution is -0.115. The van der Waals surface area contributed by atoms with Gasteiger partial charge in [0.05, 0.1) is 23.1 Å². The number of carbonyl (C=O) groups is 1. The lowest BCUT2D eigenvalue weighted by atomic mass is 10.0. The molecular weight excluding hydrogens is 436 g/mol. The van der Waals surface area contributed by atoms with E-state index in [9.17, 15) is 18.5 Å². The summed E-state index contributed by atoms with van der Waals surface area (Å²) < 4.78 is 23.5. The second-order valence-electron chi connectivity index (χ2n) is 8.04. The second-order valence-corrected chi connectivity index (χ2v) is 9.60. The molecule has 0 unspecified atom stereocenters. The lowest BCUT2D eigenvalue weighted by Gasteiger charge is -2.25. The first-order chi connectivity index (χ1) is 15.7. The minimum absolute atomic E-state index is 0.000388. The van der Waals surface area contributed by atoms with Crippen LogP contribution < -0.4 is 15.4 Å². The molecule has 170 valence electrons. The van der Waals surface area contributed by atoms with Crippen molar-refractivity contribution in [2.24, 2.45) is 5.14 Å². The number of anilines is 2. The van der Waals surface area contributed by atoms with E-state index < -0.39 is 10.0 Å². The van der Waals surface area contributed by atoms with Crippen LogP contribution in [0, 0.1) is 11.3 Å². The van der Waals surface area contributed by atoms with Crippen LogP contribution in [0.4, 0.5) is 11.4 Å². The van der Waals surface area contributed by atoms with E-state index in [2.05, 4.69) is 25.2 Å². The maximum atomic E-state index is 12.9. The van der Waals surface area contributed by atoms with Crippen LogP contribution in [0.3, 0.4) is 0 Å². The molecular formula is C25H26N4O3S. The van der Waals surface area contributed by atoms with Gasteiger partial charge in [-0.05, 0) is 59.5 Å². The van der Waals surface area contributed by atoms with Gasteiger partial charge in [0.15, 0.2) is 0 Å². The normalized spacial score (nSPS) is 11.1. The maximum Gasteiger partial charge on any atom is 0.243 e. The Hall–Kier alpha value is -3.67. The molecule has 0 saturated heterocycles. The van der Waals surface area contributed by atoms with E-state index in [1.807, 2.05) is 24.3 Å². The molecule has 0 aliphatic carbocycles. The highest BCUT2D eigenvalue weighted by Gasteiger charge is 2.15. The Kier molecular flexibility index (Phi) is 7.48. The van der Waals surface area contributed by atoms with E-state index >= 15 is 0 Å². The minimum atomic E-state index is -3.85. The van der Waals surface area contributed by atoms with Crippen LogP contribution in [0.25, 0.3) is 0 Å². The number of sulfonamides is 1. The standard InChI is InChI=1S/C25H26N4O3S/c1-18(2)21-9-11-22(12-10-21)28-25(30)17-29(23-7-3-5-19(13-23)15-26)16-20-6-4-8-24(14-20)33(27,31)32/h3-14,18H,16-17H2,1-2H3,(H,28,30)(H2,27,31,32). The third-order valence-electron chi connectivity index (χ3n) is 5.14. The predicted molar refractivity (Wildman–Crippen MR) is 129 cm³/mol. The fraction of sp³-hybridized carbons (Fsp3) is 0.200. The van der Waals surface area contributed by atoms with Crippen LogP contribution in [-0.4, -0.2) is 20.9 Å². The Morgan fingerprint density at radius 2 is 1.76 bits per heavy atom. The SMILES string of the molecule is CC(C)c1ccc(NC(=O)CN(Cc2cccc(S(N)(=O)=O)c2)c2cccc(C#N)c2)cc1. The summed E-state index contributed by atoms with van der Waals surface area (Å²) in [5.41, 5.74) is 3.66. The third kappa shape index (κ3) is 6.65. The number of carbonyl (C=O) groups excluding carboxylic acids is 1. The van der Waals surface area contributed by atoms with Gasteiger partial charge in [-0.1, -0.05) is 44.2 Å². The molecule has 3 aromatic carbocycles. The first-order valence-electron chi connectivity index (χ1n) is 10.4. The van der Waals surface area contributed by atoms with E-state index in [0.717, 1.165) is 0 Å². The summed E-state index contributed by atoms with van der Waals surface area (Å²) in [6.07, 6.45) is 0. The van der Waals surface area contributed by atoms with Crippen molar-refractivity contribution in [2.45, 2.75) is 31.2 Å².